The van der Waals surface area contributed by atoms with Crippen molar-refractivity contribution in [1.82, 2.24) is 19.7 Å². The van der Waals surface area contributed by atoms with E-state index in [-0.39, 0.29) is 11.5 Å². The lowest BCUT2D eigenvalue weighted by Gasteiger charge is -2.40. The Bertz CT molecular complexity index is 1020. The van der Waals surface area contributed by atoms with E-state index in [1.807, 2.05) is 25.6 Å². The number of piperidine rings is 1. The first kappa shape index (κ1) is 19.8. The van der Waals surface area contributed by atoms with Gasteiger partial charge in [0.2, 0.25) is 0 Å². The number of carbonyl (C=O) groups is 1. The number of Topliss-reactive ketones (excluding diaryl/α,β-unsaturated/α-hetero) is 1. The van der Waals surface area contributed by atoms with Gasteiger partial charge in [-0.2, -0.15) is 5.10 Å². The Hall–Kier alpha value is -2.53. The molecule has 0 saturated carbocycles. The molecule has 4 rings (SSSR count). The van der Waals surface area contributed by atoms with E-state index < -0.39 is 0 Å². The lowest BCUT2D eigenvalue weighted by Crippen LogP contribution is -2.47. The van der Waals surface area contributed by atoms with Crippen molar-refractivity contribution in [2.75, 3.05) is 13.1 Å². The zero-order valence-corrected chi connectivity index (χ0v) is 17.9. The van der Waals surface area contributed by atoms with Crippen molar-refractivity contribution in [1.29, 1.82) is 0 Å². The molecule has 3 aromatic rings. The van der Waals surface area contributed by atoms with Crippen molar-refractivity contribution in [3.05, 3.63) is 48.5 Å². The van der Waals surface area contributed by atoms with Gasteiger partial charge in [-0.15, -0.1) is 0 Å². The van der Waals surface area contributed by atoms with Gasteiger partial charge in [0, 0.05) is 54.0 Å². The van der Waals surface area contributed by atoms with Gasteiger partial charge in [0.1, 0.15) is 5.78 Å². The van der Waals surface area contributed by atoms with Crippen LogP contribution in [0, 0.1) is 5.92 Å². The summed E-state index contributed by atoms with van der Waals surface area (Å²) in [5, 5.41) is 6.47. The molecule has 1 aromatic carbocycles. The number of hydrogen-bond donors (Lipinski definition) is 0. The quantitative estimate of drug-likeness (QED) is 0.668. The Morgan fingerprint density at radius 1 is 1.07 bits per heavy atom. The van der Waals surface area contributed by atoms with Crippen molar-refractivity contribution in [2.45, 2.75) is 45.6 Å². The van der Waals surface area contributed by atoms with E-state index in [9.17, 15) is 4.79 Å². The molecule has 152 valence electrons. The van der Waals surface area contributed by atoms with Crippen LogP contribution >= 0.6 is 0 Å². The van der Waals surface area contributed by atoms with Crippen molar-refractivity contribution in [3.8, 4) is 11.1 Å². The van der Waals surface area contributed by atoms with Crippen LogP contribution in [0.5, 0.6) is 0 Å². The average Bonchev–Trinajstić information content (AvgIpc) is 3.13. The van der Waals surface area contributed by atoms with Gasteiger partial charge in [-0.1, -0.05) is 12.1 Å². The smallest absolute Gasteiger partial charge is 0.142 e. The van der Waals surface area contributed by atoms with Crippen LogP contribution in [0.3, 0.4) is 0 Å². The van der Waals surface area contributed by atoms with E-state index in [4.69, 9.17) is 0 Å². The number of aromatic nitrogens is 3. The standard InChI is InChI=1S/C24H30N4O/c1-24(2,3)28-9-7-17(8-10-28)23(29)13-22-12-20-11-18(5-6-19(20)14-25-22)21-15-26-27(4)16-21/h5-6,11-12,14-17H,7-10,13H2,1-4H3. The fourth-order valence-corrected chi connectivity index (χ4v) is 4.23. The van der Waals surface area contributed by atoms with Gasteiger partial charge in [0.25, 0.3) is 0 Å². The summed E-state index contributed by atoms with van der Waals surface area (Å²) >= 11 is 0. The molecule has 1 fully saturated rings. The van der Waals surface area contributed by atoms with Gasteiger partial charge in [-0.3, -0.25) is 19.4 Å². The van der Waals surface area contributed by atoms with Crippen LogP contribution in [-0.4, -0.2) is 44.1 Å². The largest absolute Gasteiger partial charge is 0.299 e. The second-order valence-corrected chi connectivity index (χ2v) is 9.22. The molecule has 5 nitrogen and oxygen atoms in total. The lowest BCUT2D eigenvalue weighted by atomic mass is 9.88. The van der Waals surface area contributed by atoms with Gasteiger partial charge in [-0.25, -0.2) is 0 Å². The molecule has 0 radical (unpaired) electrons. The van der Waals surface area contributed by atoms with Gasteiger partial charge in [0.05, 0.1) is 6.20 Å². The normalized spacial score (nSPS) is 16.4. The van der Waals surface area contributed by atoms with Gasteiger partial charge < -0.3 is 0 Å². The van der Waals surface area contributed by atoms with Gasteiger partial charge >= 0.3 is 0 Å². The Kier molecular flexibility index (Phi) is 5.26. The predicted octanol–water partition coefficient (Wildman–Crippen LogP) is 4.26. The van der Waals surface area contributed by atoms with E-state index in [0.29, 0.717) is 12.2 Å². The number of pyridine rings is 1. The molecular weight excluding hydrogens is 360 g/mol. The third-order valence-electron chi connectivity index (χ3n) is 6.07. The first-order valence-electron chi connectivity index (χ1n) is 10.4. The topological polar surface area (TPSA) is 51.0 Å². The Morgan fingerprint density at radius 2 is 1.83 bits per heavy atom. The predicted molar refractivity (Wildman–Crippen MR) is 117 cm³/mol. The highest BCUT2D eigenvalue weighted by molar-refractivity contribution is 5.88. The number of fused-ring (bicyclic) bond motifs is 1. The molecule has 29 heavy (non-hydrogen) atoms. The monoisotopic (exact) mass is 390 g/mol. The highest BCUT2D eigenvalue weighted by Gasteiger charge is 2.30. The van der Waals surface area contributed by atoms with Crippen molar-refractivity contribution < 1.29 is 4.79 Å². The number of aryl methyl sites for hydroxylation is 1. The van der Waals surface area contributed by atoms with E-state index in [2.05, 4.69) is 60.0 Å². The number of ketones is 1. The highest BCUT2D eigenvalue weighted by Crippen LogP contribution is 2.27. The molecule has 3 heterocycles. The first-order valence-corrected chi connectivity index (χ1v) is 10.4. The number of likely N-dealkylation sites (tertiary alicyclic amines) is 1. The summed E-state index contributed by atoms with van der Waals surface area (Å²) in [7, 11) is 1.92. The summed E-state index contributed by atoms with van der Waals surface area (Å²) in [6.07, 6.45) is 8.09. The van der Waals surface area contributed by atoms with Crippen LogP contribution in [0.25, 0.3) is 21.9 Å². The molecule has 0 unspecified atom stereocenters. The Morgan fingerprint density at radius 3 is 2.48 bits per heavy atom. The summed E-state index contributed by atoms with van der Waals surface area (Å²) < 4.78 is 1.81. The minimum atomic E-state index is 0.160. The van der Waals surface area contributed by atoms with E-state index >= 15 is 0 Å². The molecule has 0 amide bonds. The summed E-state index contributed by atoms with van der Waals surface area (Å²) in [5.74, 6) is 0.488. The van der Waals surface area contributed by atoms with Crippen LogP contribution in [0.4, 0.5) is 0 Å². The molecule has 0 N–H and O–H groups in total. The molecule has 0 spiro atoms. The van der Waals surface area contributed by atoms with Crippen molar-refractivity contribution >= 4 is 16.6 Å². The second-order valence-electron chi connectivity index (χ2n) is 9.22. The lowest BCUT2D eigenvalue weighted by molar-refractivity contribution is -0.124. The fourth-order valence-electron chi connectivity index (χ4n) is 4.23. The molecule has 1 aliphatic rings. The van der Waals surface area contributed by atoms with Crippen LogP contribution < -0.4 is 0 Å². The number of benzene rings is 1. The maximum atomic E-state index is 12.9. The molecule has 1 saturated heterocycles. The molecule has 0 atom stereocenters. The molecule has 5 heteroatoms. The van der Waals surface area contributed by atoms with Crippen molar-refractivity contribution in [3.63, 3.8) is 0 Å². The molecular formula is C24H30N4O. The SMILES string of the molecule is Cn1cc(-c2ccc3cnc(CC(=O)C4CCN(C(C)(C)C)CC4)cc3c2)cn1. The van der Waals surface area contributed by atoms with Crippen LogP contribution in [-0.2, 0) is 18.3 Å². The number of nitrogens with zero attached hydrogens (tertiary/aromatic N) is 4. The highest BCUT2D eigenvalue weighted by atomic mass is 16.1. The molecule has 2 aromatic heterocycles. The molecule has 0 aliphatic carbocycles. The van der Waals surface area contributed by atoms with Crippen LogP contribution in [0.1, 0.15) is 39.3 Å². The van der Waals surface area contributed by atoms with Crippen LogP contribution in [0.2, 0.25) is 0 Å². The fraction of sp³-hybridized carbons (Fsp3) is 0.458. The average molecular weight is 391 g/mol. The number of rotatable bonds is 4. The molecule has 0 bridgehead atoms. The van der Waals surface area contributed by atoms with Gasteiger partial charge in [0.15, 0.2) is 0 Å². The maximum absolute atomic E-state index is 12.9. The second kappa shape index (κ2) is 7.71. The van der Waals surface area contributed by atoms with E-state index in [1.54, 1.807) is 4.68 Å². The third-order valence-corrected chi connectivity index (χ3v) is 6.07. The minimum Gasteiger partial charge on any atom is -0.299 e. The van der Waals surface area contributed by atoms with Crippen molar-refractivity contribution in [2.24, 2.45) is 13.0 Å². The van der Waals surface area contributed by atoms with Crippen LogP contribution in [0.15, 0.2) is 42.9 Å². The summed E-state index contributed by atoms with van der Waals surface area (Å²) in [6, 6.07) is 8.40. The third kappa shape index (κ3) is 4.40. The summed E-state index contributed by atoms with van der Waals surface area (Å²) in [4.78, 5) is 19.9. The van der Waals surface area contributed by atoms with E-state index in [0.717, 1.165) is 53.5 Å². The molecule has 1 aliphatic heterocycles. The van der Waals surface area contributed by atoms with Gasteiger partial charge in [-0.05, 0) is 69.8 Å². The minimum absolute atomic E-state index is 0.160. The summed E-state index contributed by atoms with van der Waals surface area (Å²) in [5.41, 5.74) is 3.27. The Balaban J connectivity index is 1.47. The summed E-state index contributed by atoms with van der Waals surface area (Å²) in [6.45, 7) is 8.73. The number of carbonyl (C=O) groups excluding carboxylic acids is 1. The zero-order valence-electron chi connectivity index (χ0n) is 17.9. The maximum Gasteiger partial charge on any atom is 0.142 e. The first-order chi connectivity index (χ1) is 13.8. The Labute approximate surface area is 172 Å². The van der Waals surface area contributed by atoms with E-state index in [1.165, 1.54) is 0 Å². The zero-order chi connectivity index (χ0) is 20.6. The number of hydrogen-bond acceptors (Lipinski definition) is 4.